The van der Waals surface area contributed by atoms with Crippen molar-refractivity contribution in [2.75, 3.05) is 18.0 Å². The number of nitrogens with zero attached hydrogens (tertiary/aromatic N) is 3. The molecular formula is C13H21ClN4O. The van der Waals surface area contributed by atoms with Crippen molar-refractivity contribution in [3.63, 3.8) is 0 Å². The van der Waals surface area contributed by atoms with Crippen LogP contribution in [0.2, 0.25) is 5.02 Å². The Hall–Kier alpha value is -1.07. The number of hydrogen-bond acceptors (Lipinski definition) is 4. The zero-order valence-electron chi connectivity index (χ0n) is 11.7. The molecule has 1 N–H and O–H groups in total. The van der Waals surface area contributed by atoms with Crippen LogP contribution in [0.5, 0.6) is 0 Å². The third-order valence-corrected chi connectivity index (χ3v) is 3.93. The lowest BCUT2D eigenvalue weighted by Gasteiger charge is -2.31. The highest BCUT2D eigenvalue weighted by atomic mass is 35.5. The van der Waals surface area contributed by atoms with Gasteiger partial charge in [0.1, 0.15) is 5.02 Å². The number of hydrogen-bond donors (Lipinski definition) is 1. The first-order valence-corrected chi connectivity index (χ1v) is 7.10. The van der Waals surface area contributed by atoms with Crippen LogP contribution in [0.15, 0.2) is 11.0 Å². The molecule has 0 amide bonds. The Morgan fingerprint density at radius 3 is 2.95 bits per heavy atom. The van der Waals surface area contributed by atoms with Crippen LogP contribution in [0.3, 0.4) is 0 Å². The van der Waals surface area contributed by atoms with E-state index in [2.05, 4.69) is 29.2 Å². The molecule has 0 aliphatic carbocycles. The largest absolute Gasteiger partial charge is 0.365 e. The van der Waals surface area contributed by atoms with Gasteiger partial charge in [-0.15, -0.1) is 0 Å². The zero-order valence-corrected chi connectivity index (χ0v) is 12.4. The second-order valence-electron chi connectivity index (χ2n) is 5.31. The van der Waals surface area contributed by atoms with Gasteiger partial charge in [0.05, 0.1) is 11.9 Å². The van der Waals surface area contributed by atoms with Gasteiger partial charge < -0.3 is 10.2 Å². The Morgan fingerprint density at radius 2 is 2.37 bits per heavy atom. The van der Waals surface area contributed by atoms with Gasteiger partial charge in [0, 0.05) is 25.7 Å². The van der Waals surface area contributed by atoms with Gasteiger partial charge >= 0.3 is 0 Å². The first-order chi connectivity index (χ1) is 9.00. The second-order valence-corrected chi connectivity index (χ2v) is 5.69. The Balaban J connectivity index is 2.28. The maximum atomic E-state index is 11.9. The average molecular weight is 285 g/mol. The maximum Gasteiger partial charge on any atom is 0.287 e. The molecule has 0 radical (unpaired) electrons. The van der Waals surface area contributed by atoms with Crippen LogP contribution >= 0.6 is 11.6 Å². The van der Waals surface area contributed by atoms with Gasteiger partial charge in [-0.1, -0.05) is 11.6 Å². The molecule has 0 saturated carbocycles. The van der Waals surface area contributed by atoms with Crippen LogP contribution in [-0.2, 0) is 7.05 Å². The van der Waals surface area contributed by atoms with E-state index in [9.17, 15) is 4.79 Å². The van der Waals surface area contributed by atoms with E-state index in [0.29, 0.717) is 6.04 Å². The number of nitrogens with one attached hydrogen (secondary N) is 1. The fourth-order valence-corrected chi connectivity index (χ4v) is 2.72. The van der Waals surface area contributed by atoms with Gasteiger partial charge in [-0.05, 0) is 33.2 Å². The second kappa shape index (κ2) is 5.92. The molecule has 1 aromatic heterocycles. The van der Waals surface area contributed by atoms with Crippen LogP contribution in [0.1, 0.15) is 26.7 Å². The lowest BCUT2D eigenvalue weighted by Crippen LogP contribution is -2.42. The third kappa shape index (κ3) is 3.09. The molecule has 6 heteroatoms. The molecule has 0 bridgehead atoms. The summed E-state index contributed by atoms with van der Waals surface area (Å²) >= 11 is 6.19. The van der Waals surface area contributed by atoms with Crippen molar-refractivity contribution in [2.24, 2.45) is 7.05 Å². The molecule has 1 saturated heterocycles. The first-order valence-electron chi connectivity index (χ1n) is 6.72. The number of anilines is 1. The first kappa shape index (κ1) is 14.3. The van der Waals surface area contributed by atoms with Crippen LogP contribution in [0.25, 0.3) is 0 Å². The highest BCUT2D eigenvalue weighted by molar-refractivity contribution is 6.33. The van der Waals surface area contributed by atoms with E-state index in [-0.39, 0.29) is 16.6 Å². The Labute approximate surface area is 118 Å². The predicted molar refractivity (Wildman–Crippen MR) is 78.0 cm³/mol. The van der Waals surface area contributed by atoms with Crippen LogP contribution in [-0.4, -0.2) is 35.0 Å². The van der Waals surface area contributed by atoms with Crippen molar-refractivity contribution in [1.82, 2.24) is 15.1 Å². The van der Waals surface area contributed by atoms with Crippen molar-refractivity contribution in [3.8, 4) is 0 Å². The number of aryl methyl sites for hydroxylation is 1. The number of halogens is 1. The summed E-state index contributed by atoms with van der Waals surface area (Å²) in [7, 11) is 1.61. The fraction of sp³-hybridized carbons (Fsp3) is 0.692. The third-order valence-electron chi connectivity index (χ3n) is 3.57. The van der Waals surface area contributed by atoms with E-state index < -0.39 is 0 Å². The van der Waals surface area contributed by atoms with Crippen molar-refractivity contribution in [2.45, 2.75) is 38.8 Å². The Kier molecular flexibility index (Phi) is 4.47. The molecule has 1 atom stereocenters. The van der Waals surface area contributed by atoms with E-state index in [4.69, 9.17) is 11.6 Å². The number of rotatable bonds is 4. The summed E-state index contributed by atoms with van der Waals surface area (Å²) in [6.45, 7) is 6.12. The van der Waals surface area contributed by atoms with Gasteiger partial charge in [0.15, 0.2) is 0 Å². The molecule has 19 heavy (non-hydrogen) atoms. The topological polar surface area (TPSA) is 50.2 Å². The lowest BCUT2D eigenvalue weighted by molar-refractivity contribution is 0.550. The minimum atomic E-state index is -0.246. The molecule has 1 aliphatic rings. The molecule has 1 aliphatic heterocycles. The lowest BCUT2D eigenvalue weighted by atomic mass is 10.2. The maximum absolute atomic E-state index is 11.9. The van der Waals surface area contributed by atoms with Crippen molar-refractivity contribution >= 4 is 17.3 Å². The van der Waals surface area contributed by atoms with Gasteiger partial charge in [-0.2, -0.15) is 5.10 Å². The molecule has 1 aromatic rings. The molecule has 2 heterocycles. The van der Waals surface area contributed by atoms with Gasteiger partial charge in [-0.25, -0.2) is 4.68 Å². The van der Waals surface area contributed by atoms with E-state index in [1.807, 2.05) is 0 Å². The van der Waals surface area contributed by atoms with Crippen molar-refractivity contribution in [3.05, 3.63) is 21.6 Å². The summed E-state index contributed by atoms with van der Waals surface area (Å²) in [4.78, 5) is 14.0. The zero-order chi connectivity index (χ0) is 14.0. The molecule has 1 fully saturated rings. The summed E-state index contributed by atoms with van der Waals surface area (Å²) in [5.74, 6) is 0. The highest BCUT2D eigenvalue weighted by Crippen LogP contribution is 2.24. The van der Waals surface area contributed by atoms with Gasteiger partial charge in [0.25, 0.3) is 5.56 Å². The molecule has 2 rings (SSSR count). The minimum Gasteiger partial charge on any atom is -0.365 e. The monoisotopic (exact) mass is 284 g/mol. The summed E-state index contributed by atoms with van der Waals surface area (Å²) in [6, 6.07) is 0.733. The summed E-state index contributed by atoms with van der Waals surface area (Å²) in [6.07, 6.45) is 4.05. The Morgan fingerprint density at radius 1 is 1.63 bits per heavy atom. The summed E-state index contributed by atoms with van der Waals surface area (Å²) in [5, 5.41) is 7.80. The van der Waals surface area contributed by atoms with Crippen molar-refractivity contribution in [1.29, 1.82) is 0 Å². The SMILES string of the molecule is CC(C)N(CC1CCCN1)c1cnn(C)c(=O)c1Cl. The van der Waals surface area contributed by atoms with Crippen LogP contribution in [0, 0.1) is 0 Å². The minimum absolute atomic E-state index is 0.246. The van der Waals surface area contributed by atoms with E-state index >= 15 is 0 Å². The molecule has 5 nitrogen and oxygen atoms in total. The molecule has 0 aromatic carbocycles. The van der Waals surface area contributed by atoms with E-state index in [1.165, 1.54) is 17.5 Å². The molecule has 1 unspecified atom stereocenters. The smallest absolute Gasteiger partial charge is 0.287 e. The van der Waals surface area contributed by atoms with Crippen molar-refractivity contribution < 1.29 is 0 Å². The highest BCUT2D eigenvalue weighted by Gasteiger charge is 2.23. The summed E-state index contributed by atoms with van der Waals surface area (Å²) in [5.41, 5.74) is 0.484. The Bertz CT molecular complexity index is 494. The quantitative estimate of drug-likeness (QED) is 0.908. The molecule has 0 spiro atoms. The van der Waals surface area contributed by atoms with Gasteiger partial charge in [-0.3, -0.25) is 4.79 Å². The normalized spacial score (nSPS) is 19.1. The average Bonchev–Trinajstić information content (AvgIpc) is 2.87. The summed E-state index contributed by atoms with van der Waals surface area (Å²) < 4.78 is 1.26. The standard InChI is InChI=1S/C13H21ClN4O/c1-9(2)18(8-10-5-4-6-15-10)11-7-16-17(3)13(19)12(11)14/h7,9-10,15H,4-6,8H2,1-3H3. The molecule has 106 valence electrons. The van der Waals surface area contributed by atoms with Crippen LogP contribution < -0.4 is 15.8 Å². The van der Waals surface area contributed by atoms with Crippen LogP contribution in [0.4, 0.5) is 5.69 Å². The number of aromatic nitrogens is 2. The molecular weight excluding hydrogens is 264 g/mol. The fourth-order valence-electron chi connectivity index (χ4n) is 2.44. The van der Waals surface area contributed by atoms with E-state index in [1.54, 1.807) is 13.2 Å². The van der Waals surface area contributed by atoms with E-state index in [0.717, 1.165) is 18.8 Å². The van der Waals surface area contributed by atoms with Gasteiger partial charge in [0.2, 0.25) is 0 Å². The predicted octanol–water partition coefficient (Wildman–Crippen LogP) is 1.40.